The third-order valence-electron chi connectivity index (χ3n) is 4.71. The summed E-state index contributed by atoms with van der Waals surface area (Å²) in [6.07, 6.45) is 2.35. The lowest BCUT2D eigenvalue weighted by atomic mass is 8.50. The van der Waals surface area contributed by atoms with Gasteiger partial charge in [0.05, 0.1) is 6.61 Å². The van der Waals surface area contributed by atoms with Crippen LogP contribution in [-0.2, 0) is 9.53 Å². The van der Waals surface area contributed by atoms with E-state index in [1.54, 1.807) is 0 Å². The highest BCUT2D eigenvalue weighted by Crippen LogP contribution is 2.37. The second kappa shape index (κ2) is 12.1. The zero-order valence-electron chi connectivity index (χ0n) is 15.2. The molecule has 1 atom stereocenters. The summed E-state index contributed by atoms with van der Waals surface area (Å²) in [5, 5.41) is 0.504. The van der Waals surface area contributed by atoms with Crippen molar-refractivity contribution in [2.45, 2.75) is 44.1 Å². The number of rotatable bonds is 13. The Morgan fingerprint density at radius 3 is 2.24 bits per heavy atom. The Morgan fingerprint density at radius 1 is 1.08 bits per heavy atom. The number of hydrogen-bond acceptors (Lipinski definition) is 3. The Hall–Kier alpha value is 0.599. The Balaban J connectivity index is 2.29. The molecule has 1 aliphatic rings. The highest BCUT2D eigenvalue weighted by atomic mass is 32.2. The Bertz CT molecular complexity index is 392. The summed E-state index contributed by atoms with van der Waals surface area (Å²) in [7, 11) is 35.3. The van der Waals surface area contributed by atoms with Crippen molar-refractivity contribution in [2.75, 3.05) is 12.4 Å². The lowest BCUT2D eigenvalue weighted by Gasteiger charge is -2.31. The minimum Gasteiger partial charge on any atom is -0.466 e. The van der Waals surface area contributed by atoms with Crippen LogP contribution in [0.25, 0.3) is 0 Å². The molecule has 15 heteroatoms. The average Bonchev–Trinajstić information content (AvgIpc) is 3.26. The summed E-state index contributed by atoms with van der Waals surface area (Å²) in [6, 6.07) is 0. The summed E-state index contributed by atoms with van der Waals surface area (Å²) in [5.74, 6) is 0.935. The van der Waals surface area contributed by atoms with Crippen LogP contribution in [0, 0.1) is 0 Å². The molecule has 1 unspecified atom stereocenters. The van der Waals surface area contributed by atoms with Crippen LogP contribution in [0.15, 0.2) is 0 Å². The van der Waals surface area contributed by atoms with Crippen LogP contribution in [0.2, 0.25) is 6.32 Å². The standard InChI is InChI=1S/C10H18B12O2S/c1-2-24-10(23)6-4-3-5-7-25-9-8-17(9)21(18(11)12)22(19(13)14)20(15)16/h9H,2-8H2,1H3. The van der Waals surface area contributed by atoms with Gasteiger partial charge >= 0.3 is 5.97 Å². The van der Waals surface area contributed by atoms with Crippen LogP contribution in [0.5, 0.6) is 0 Å². The Kier molecular flexibility index (Phi) is 11.5. The fourth-order valence-corrected chi connectivity index (χ4v) is 4.86. The SMILES string of the molecule is [B]B([B])B(B([B])[B])B(B([B])[B])B1CC1SCCCCCC(=O)OCC. The van der Waals surface area contributed by atoms with E-state index in [1.165, 1.54) is 0 Å². The minimum atomic E-state index is -0.631. The van der Waals surface area contributed by atoms with E-state index in [1.807, 2.05) is 18.7 Å². The fourth-order valence-electron chi connectivity index (χ4n) is 3.40. The minimum absolute atomic E-state index is 0.0682. The van der Waals surface area contributed by atoms with E-state index in [4.69, 9.17) is 51.2 Å². The van der Waals surface area contributed by atoms with Gasteiger partial charge < -0.3 is 4.74 Å². The van der Waals surface area contributed by atoms with Gasteiger partial charge in [0, 0.05) is 84.8 Å². The van der Waals surface area contributed by atoms with Gasteiger partial charge in [-0.3, -0.25) is 4.79 Å². The van der Waals surface area contributed by atoms with Crippen molar-refractivity contribution in [3.63, 3.8) is 0 Å². The summed E-state index contributed by atoms with van der Waals surface area (Å²) in [4.78, 5) is 11.3. The summed E-state index contributed by atoms with van der Waals surface area (Å²) >= 11 is 1.92. The highest BCUT2D eigenvalue weighted by molar-refractivity contribution is 8.11. The molecule has 1 rings (SSSR count). The monoisotopic (exact) mass is 334 g/mol. The molecule has 0 aromatic rings. The number of hydrogen-bond donors (Lipinski definition) is 0. The van der Waals surface area contributed by atoms with Crippen molar-refractivity contribution in [1.29, 1.82) is 0 Å². The first kappa shape index (κ1) is 23.6. The quantitative estimate of drug-likeness (QED) is 0.224. The van der Waals surface area contributed by atoms with Gasteiger partial charge in [0.2, 0.25) is 0 Å². The van der Waals surface area contributed by atoms with Crippen molar-refractivity contribution in [3.8, 4) is 0 Å². The van der Waals surface area contributed by atoms with E-state index in [0.717, 1.165) is 31.3 Å². The smallest absolute Gasteiger partial charge is 0.305 e. The molecule has 0 spiro atoms. The molecule has 0 aromatic carbocycles. The number of carbonyl (C=O) groups excluding carboxylic acids is 1. The van der Waals surface area contributed by atoms with Crippen LogP contribution < -0.4 is 0 Å². The Labute approximate surface area is 168 Å². The number of ether oxygens (including phenoxy) is 1. The highest BCUT2D eigenvalue weighted by Gasteiger charge is 2.51. The maximum Gasteiger partial charge on any atom is 0.305 e. The molecule has 0 amide bonds. The fraction of sp³-hybridized carbons (Fsp3) is 0.900. The first-order valence-corrected chi connectivity index (χ1v) is 10.1. The van der Waals surface area contributed by atoms with Gasteiger partial charge in [0.25, 0.3) is 0 Å². The molecule has 25 heavy (non-hydrogen) atoms. The Morgan fingerprint density at radius 2 is 1.72 bits per heavy atom. The maximum absolute atomic E-state index is 11.3. The maximum atomic E-state index is 11.3. The van der Waals surface area contributed by atoms with Crippen molar-refractivity contribution >= 4 is 103 Å². The first-order valence-electron chi connectivity index (χ1n) is 9.10. The molecule has 0 aliphatic carbocycles. The summed E-state index contributed by atoms with van der Waals surface area (Å²) in [6.45, 7) is 2.63. The zero-order chi connectivity index (χ0) is 19.0. The van der Waals surface area contributed by atoms with Crippen LogP contribution in [0.4, 0.5) is 0 Å². The molecule has 112 valence electrons. The normalized spacial score (nSPS) is 15.4. The van der Waals surface area contributed by atoms with E-state index in [2.05, 4.69) is 0 Å². The van der Waals surface area contributed by atoms with E-state index in [-0.39, 0.29) is 18.7 Å². The number of thioether (sulfide) groups is 1. The molecule has 2 nitrogen and oxygen atoms in total. The van der Waals surface area contributed by atoms with E-state index in [9.17, 15) is 4.79 Å². The number of carbonyl (C=O) groups is 1. The molecule has 1 saturated heterocycles. The van der Waals surface area contributed by atoms with Gasteiger partial charge in [-0.2, -0.15) is 11.8 Å². The third kappa shape index (κ3) is 8.43. The largest absolute Gasteiger partial charge is 0.466 e. The second-order valence-electron chi connectivity index (χ2n) is 6.81. The van der Waals surface area contributed by atoms with E-state index in [0.29, 0.717) is 24.8 Å². The lowest BCUT2D eigenvalue weighted by Crippen LogP contribution is -2.70. The summed E-state index contributed by atoms with van der Waals surface area (Å²) in [5.41, 5.74) is 0. The van der Waals surface area contributed by atoms with Gasteiger partial charge in [-0.05, 0) is 30.7 Å². The predicted octanol–water partition coefficient (Wildman–Crippen LogP) is -1.88. The molecular formula is C10H18B12O2S. The van der Waals surface area contributed by atoms with Gasteiger partial charge in [-0.15, -0.1) is 0 Å². The molecule has 1 fully saturated rings. The molecule has 0 saturated carbocycles. The molecule has 0 aromatic heterocycles. The van der Waals surface area contributed by atoms with Gasteiger partial charge in [0.15, 0.2) is 0 Å². The van der Waals surface area contributed by atoms with Crippen LogP contribution in [0.1, 0.15) is 32.6 Å². The topological polar surface area (TPSA) is 26.3 Å². The van der Waals surface area contributed by atoms with Crippen LogP contribution >= 0.6 is 11.8 Å². The van der Waals surface area contributed by atoms with Gasteiger partial charge in [0.1, 0.15) is 6.60 Å². The van der Waals surface area contributed by atoms with Crippen LogP contribution in [0.3, 0.4) is 0 Å². The molecular weight excluding hydrogens is 314 g/mol. The zero-order valence-corrected chi connectivity index (χ0v) is 16.0. The van der Waals surface area contributed by atoms with Crippen molar-refractivity contribution in [1.82, 2.24) is 0 Å². The molecule has 1 heterocycles. The predicted molar refractivity (Wildman–Crippen MR) is 125 cm³/mol. The lowest BCUT2D eigenvalue weighted by molar-refractivity contribution is -0.143. The van der Waals surface area contributed by atoms with Crippen LogP contribution in [-0.4, -0.2) is 108 Å². The second-order valence-corrected chi connectivity index (χ2v) is 8.16. The first-order chi connectivity index (χ1) is 11.8. The van der Waals surface area contributed by atoms with Crippen molar-refractivity contribution < 1.29 is 9.53 Å². The third-order valence-corrected chi connectivity index (χ3v) is 6.21. The van der Waals surface area contributed by atoms with Gasteiger partial charge in [-0.25, -0.2) is 0 Å². The molecule has 0 bridgehead atoms. The summed E-state index contributed by atoms with van der Waals surface area (Å²) < 4.78 is 4.91. The molecule has 1 aliphatic heterocycles. The van der Waals surface area contributed by atoms with E-state index < -0.39 is 19.2 Å². The average molecular weight is 332 g/mol. The number of esters is 1. The van der Waals surface area contributed by atoms with E-state index >= 15 is 0 Å². The van der Waals surface area contributed by atoms with Crippen molar-refractivity contribution in [2.24, 2.45) is 0 Å². The van der Waals surface area contributed by atoms with Gasteiger partial charge in [-0.1, -0.05) is 12.7 Å². The number of unbranched alkanes of at least 4 members (excludes halogenated alkanes) is 2. The van der Waals surface area contributed by atoms with Crippen molar-refractivity contribution in [3.05, 3.63) is 0 Å². The molecule has 12 radical (unpaired) electrons. The molecule has 0 N–H and O–H groups in total.